The summed E-state index contributed by atoms with van der Waals surface area (Å²) in [7, 11) is -0.858. The van der Waals surface area contributed by atoms with Crippen molar-refractivity contribution in [2.45, 2.75) is 12.5 Å². The number of carbonyl (C=O) groups excluding carboxylic acids is 2. The van der Waals surface area contributed by atoms with Crippen LogP contribution < -0.4 is 15.5 Å². The number of nitrogens with one attached hydrogen (secondary N) is 2. The number of halogens is 1. The molecule has 6 nitrogen and oxygen atoms in total. The second kappa shape index (κ2) is 10.7. The molecule has 33 heavy (non-hydrogen) atoms. The molecule has 9 heteroatoms. The van der Waals surface area contributed by atoms with Crippen molar-refractivity contribution >= 4 is 45.3 Å². The highest BCUT2D eigenvalue weighted by atomic mass is 32.2. The van der Waals surface area contributed by atoms with Crippen LogP contribution in [0.3, 0.4) is 0 Å². The van der Waals surface area contributed by atoms with Crippen molar-refractivity contribution in [1.29, 1.82) is 0 Å². The standard InChI is InChI=1S/C24H24FN3O3S2/c25-18-8-9-21(28-10-13-33(31)14-11-28)19(16-18)26-23(29)20(15-17-5-2-1-3-6-17)27-24(30)22-7-4-12-32-22/h1-9,12,16,20H,10-11,13-15H2,(H,26,29)(H,27,30)/t20-/m1/s1. The van der Waals surface area contributed by atoms with Crippen LogP contribution in [0.4, 0.5) is 15.8 Å². The first-order chi connectivity index (χ1) is 16.0. The first-order valence-corrected chi connectivity index (χ1v) is 12.9. The minimum atomic E-state index is -0.858. The predicted molar refractivity (Wildman–Crippen MR) is 131 cm³/mol. The zero-order valence-corrected chi connectivity index (χ0v) is 19.5. The van der Waals surface area contributed by atoms with E-state index in [1.165, 1.54) is 23.5 Å². The van der Waals surface area contributed by atoms with E-state index in [9.17, 15) is 18.2 Å². The summed E-state index contributed by atoms with van der Waals surface area (Å²) in [5.41, 5.74) is 1.89. The van der Waals surface area contributed by atoms with Gasteiger partial charge in [-0.2, -0.15) is 0 Å². The maximum absolute atomic E-state index is 14.1. The number of thiophene rings is 1. The van der Waals surface area contributed by atoms with Gasteiger partial charge in [0.15, 0.2) is 0 Å². The normalized spacial score (nSPS) is 15.1. The number of anilines is 2. The number of amides is 2. The fourth-order valence-corrected chi connectivity index (χ4v) is 5.36. The van der Waals surface area contributed by atoms with Crippen LogP contribution in [0, 0.1) is 5.82 Å². The number of nitrogens with zero attached hydrogens (tertiary/aromatic N) is 1. The van der Waals surface area contributed by atoms with E-state index in [0.717, 1.165) is 5.56 Å². The van der Waals surface area contributed by atoms with E-state index in [0.29, 0.717) is 40.8 Å². The van der Waals surface area contributed by atoms with Crippen molar-refractivity contribution in [3.05, 3.63) is 82.3 Å². The maximum atomic E-state index is 14.1. The second-order valence-electron chi connectivity index (χ2n) is 7.68. The Bertz CT molecular complexity index is 1130. The molecule has 0 unspecified atom stereocenters. The minimum Gasteiger partial charge on any atom is -0.368 e. The zero-order valence-electron chi connectivity index (χ0n) is 17.8. The van der Waals surface area contributed by atoms with Gasteiger partial charge in [-0.15, -0.1) is 11.3 Å². The van der Waals surface area contributed by atoms with Crippen LogP contribution in [0.1, 0.15) is 15.2 Å². The highest BCUT2D eigenvalue weighted by Gasteiger charge is 2.25. The third kappa shape index (κ3) is 6.06. The summed E-state index contributed by atoms with van der Waals surface area (Å²) in [6.07, 6.45) is 0.289. The fourth-order valence-electron chi connectivity index (χ4n) is 3.68. The van der Waals surface area contributed by atoms with Crippen LogP contribution in [0.2, 0.25) is 0 Å². The van der Waals surface area contributed by atoms with Crippen LogP contribution in [-0.4, -0.2) is 46.7 Å². The molecule has 2 aromatic carbocycles. The molecular formula is C24H24FN3O3S2. The highest BCUT2D eigenvalue weighted by Crippen LogP contribution is 2.28. The van der Waals surface area contributed by atoms with Gasteiger partial charge in [0.2, 0.25) is 5.91 Å². The predicted octanol–water partition coefficient (Wildman–Crippen LogP) is 3.44. The fraction of sp³-hybridized carbons (Fsp3) is 0.250. The van der Waals surface area contributed by atoms with E-state index in [1.54, 1.807) is 23.6 Å². The van der Waals surface area contributed by atoms with Gasteiger partial charge in [-0.25, -0.2) is 4.39 Å². The summed E-state index contributed by atoms with van der Waals surface area (Å²) in [4.78, 5) is 28.5. The van der Waals surface area contributed by atoms with Gasteiger partial charge in [0, 0.05) is 41.8 Å². The number of hydrogen-bond donors (Lipinski definition) is 2. The number of rotatable bonds is 7. The summed E-state index contributed by atoms with van der Waals surface area (Å²) < 4.78 is 25.8. The molecule has 0 aliphatic carbocycles. The molecule has 1 fully saturated rings. The van der Waals surface area contributed by atoms with E-state index in [1.807, 2.05) is 35.2 Å². The van der Waals surface area contributed by atoms with Gasteiger partial charge in [0.05, 0.1) is 16.3 Å². The molecule has 1 saturated heterocycles. The SMILES string of the molecule is O=C(N[C@H](Cc1ccccc1)C(=O)Nc1cc(F)ccc1N1CCS(=O)CC1)c1cccs1. The molecule has 2 N–H and O–H groups in total. The van der Waals surface area contributed by atoms with Crippen molar-refractivity contribution in [2.24, 2.45) is 0 Å². The topological polar surface area (TPSA) is 78.5 Å². The van der Waals surface area contributed by atoms with Crippen LogP contribution >= 0.6 is 11.3 Å². The third-order valence-electron chi connectivity index (χ3n) is 5.38. The molecule has 0 spiro atoms. The Balaban J connectivity index is 1.56. The minimum absolute atomic E-state index is 0.289. The Hall–Kier alpha value is -3.04. The lowest BCUT2D eigenvalue weighted by Gasteiger charge is -2.30. The quantitative estimate of drug-likeness (QED) is 0.538. The van der Waals surface area contributed by atoms with Crippen LogP contribution in [0.25, 0.3) is 0 Å². The molecule has 2 amide bonds. The molecule has 2 heterocycles. The van der Waals surface area contributed by atoms with Gasteiger partial charge in [0.25, 0.3) is 5.91 Å². The average Bonchev–Trinajstić information content (AvgIpc) is 3.35. The Kier molecular flexibility index (Phi) is 7.51. The lowest BCUT2D eigenvalue weighted by molar-refractivity contribution is -0.118. The van der Waals surface area contributed by atoms with Crippen LogP contribution in [-0.2, 0) is 22.0 Å². The molecule has 0 saturated carbocycles. The zero-order chi connectivity index (χ0) is 23.2. The van der Waals surface area contributed by atoms with E-state index in [4.69, 9.17) is 0 Å². The van der Waals surface area contributed by atoms with Crippen molar-refractivity contribution in [3.8, 4) is 0 Å². The Morgan fingerprint density at radius 2 is 1.82 bits per heavy atom. The Morgan fingerprint density at radius 1 is 1.06 bits per heavy atom. The lowest BCUT2D eigenvalue weighted by Crippen LogP contribution is -2.45. The van der Waals surface area contributed by atoms with Gasteiger partial charge in [-0.05, 0) is 35.2 Å². The largest absolute Gasteiger partial charge is 0.368 e. The Labute approximate surface area is 198 Å². The van der Waals surface area contributed by atoms with Crippen molar-refractivity contribution in [1.82, 2.24) is 5.32 Å². The van der Waals surface area contributed by atoms with Crippen molar-refractivity contribution < 1.29 is 18.2 Å². The molecule has 172 valence electrons. The summed E-state index contributed by atoms with van der Waals surface area (Å²) in [5.74, 6) is -0.191. The molecule has 1 aliphatic heterocycles. The van der Waals surface area contributed by atoms with Gasteiger partial charge in [0.1, 0.15) is 11.9 Å². The molecule has 0 radical (unpaired) electrons. The van der Waals surface area contributed by atoms with Crippen LogP contribution in [0.15, 0.2) is 66.0 Å². The molecule has 1 atom stereocenters. The van der Waals surface area contributed by atoms with E-state index in [2.05, 4.69) is 10.6 Å². The number of benzene rings is 2. The lowest BCUT2D eigenvalue weighted by atomic mass is 10.0. The third-order valence-corrected chi connectivity index (χ3v) is 7.53. The van der Waals surface area contributed by atoms with Gasteiger partial charge in [-0.3, -0.25) is 13.8 Å². The molecule has 1 aliphatic rings. The van der Waals surface area contributed by atoms with Gasteiger partial charge in [-0.1, -0.05) is 36.4 Å². The van der Waals surface area contributed by atoms with Crippen molar-refractivity contribution in [3.63, 3.8) is 0 Å². The summed E-state index contributed by atoms with van der Waals surface area (Å²) in [5, 5.41) is 7.44. The number of hydrogen-bond acceptors (Lipinski definition) is 5. The van der Waals surface area contributed by atoms with Crippen LogP contribution in [0.5, 0.6) is 0 Å². The molecular weight excluding hydrogens is 461 g/mol. The summed E-state index contributed by atoms with van der Waals surface area (Å²) in [6, 6.07) is 16.3. The highest BCUT2D eigenvalue weighted by molar-refractivity contribution is 7.85. The smallest absolute Gasteiger partial charge is 0.262 e. The Morgan fingerprint density at radius 3 is 2.52 bits per heavy atom. The molecule has 3 aromatic rings. The maximum Gasteiger partial charge on any atom is 0.262 e. The summed E-state index contributed by atoms with van der Waals surface area (Å²) >= 11 is 1.29. The first kappa shape index (κ1) is 23.1. The summed E-state index contributed by atoms with van der Waals surface area (Å²) in [6.45, 7) is 1.12. The molecule has 1 aromatic heterocycles. The monoisotopic (exact) mass is 485 g/mol. The molecule has 4 rings (SSSR count). The number of carbonyl (C=O) groups is 2. The van der Waals surface area contributed by atoms with Gasteiger partial charge < -0.3 is 15.5 Å². The second-order valence-corrected chi connectivity index (χ2v) is 10.3. The average molecular weight is 486 g/mol. The van der Waals surface area contributed by atoms with E-state index >= 15 is 0 Å². The van der Waals surface area contributed by atoms with E-state index < -0.39 is 28.6 Å². The first-order valence-electron chi connectivity index (χ1n) is 10.6. The van der Waals surface area contributed by atoms with Gasteiger partial charge >= 0.3 is 0 Å². The molecule has 0 bridgehead atoms. The van der Waals surface area contributed by atoms with E-state index in [-0.39, 0.29) is 12.3 Å². The van der Waals surface area contributed by atoms with Crippen molar-refractivity contribution in [2.75, 3.05) is 34.8 Å².